The highest BCUT2D eigenvalue weighted by atomic mass is 79.9. The zero-order valence-corrected chi connectivity index (χ0v) is 13.0. The first-order chi connectivity index (χ1) is 9.11. The molecule has 0 saturated heterocycles. The Balaban J connectivity index is 2.24. The Kier molecular flexibility index (Phi) is 5.00. The standard InChI is InChI=1S/C16H15BrClF/c1-11-4-2-3-5-14(11)13(10-17)8-12-6-7-15(18)16(19)9-12/h2-7,9,13H,8,10H2,1H3. The van der Waals surface area contributed by atoms with E-state index in [4.69, 9.17) is 11.6 Å². The first-order valence-electron chi connectivity index (χ1n) is 6.17. The molecular weight excluding hydrogens is 327 g/mol. The lowest BCUT2D eigenvalue weighted by Gasteiger charge is -2.17. The molecule has 0 saturated carbocycles. The Morgan fingerprint density at radius 3 is 2.58 bits per heavy atom. The van der Waals surface area contributed by atoms with E-state index in [0.717, 1.165) is 17.3 Å². The van der Waals surface area contributed by atoms with E-state index in [-0.39, 0.29) is 10.8 Å². The minimum absolute atomic E-state index is 0.176. The summed E-state index contributed by atoms with van der Waals surface area (Å²) in [5.41, 5.74) is 3.53. The molecule has 0 spiro atoms. The summed E-state index contributed by atoms with van der Waals surface area (Å²) in [7, 11) is 0. The van der Waals surface area contributed by atoms with Crippen LogP contribution in [0.15, 0.2) is 42.5 Å². The van der Waals surface area contributed by atoms with Crippen LogP contribution in [0.2, 0.25) is 5.02 Å². The first-order valence-corrected chi connectivity index (χ1v) is 7.67. The number of hydrogen-bond donors (Lipinski definition) is 0. The summed E-state index contributed by atoms with van der Waals surface area (Å²) in [6.45, 7) is 2.10. The number of halogens is 3. The van der Waals surface area contributed by atoms with Crippen molar-refractivity contribution in [2.75, 3.05) is 5.33 Å². The van der Waals surface area contributed by atoms with Gasteiger partial charge in [0.05, 0.1) is 5.02 Å². The summed E-state index contributed by atoms with van der Waals surface area (Å²) < 4.78 is 13.5. The molecule has 2 rings (SSSR count). The van der Waals surface area contributed by atoms with Crippen LogP contribution in [0.25, 0.3) is 0 Å². The largest absolute Gasteiger partial charge is 0.205 e. The molecule has 1 unspecified atom stereocenters. The lowest BCUT2D eigenvalue weighted by Crippen LogP contribution is -2.06. The van der Waals surface area contributed by atoms with Crippen LogP contribution in [0.5, 0.6) is 0 Å². The van der Waals surface area contributed by atoms with Crippen molar-refractivity contribution < 1.29 is 4.39 Å². The van der Waals surface area contributed by atoms with E-state index in [0.29, 0.717) is 5.92 Å². The fraction of sp³-hybridized carbons (Fsp3) is 0.250. The Labute approximate surface area is 126 Å². The molecule has 0 heterocycles. The van der Waals surface area contributed by atoms with Gasteiger partial charge >= 0.3 is 0 Å². The van der Waals surface area contributed by atoms with Gasteiger partial charge in [-0.2, -0.15) is 0 Å². The van der Waals surface area contributed by atoms with Crippen molar-refractivity contribution in [3.05, 3.63) is 70.0 Å². The summed E-state index contributed by atoms with van der Waals surface area (Å²) in [6.07, 6.45) is 0.796. The molecule has 0 aromatic heterocycles. The summed E-state index contributed by atoms with van der Waals surface area (Å²) in [5.74, 6) is -0.0148. The van der Waals surface area contributed by atoms with E-state index in [1.165, 1.54) is 17.2 Å². The predicted octanol–water partition coefficient (Wildman–Crippen LogP) is 5.51. The molecule has 19 heavy (non-hydrogen) atoms. The van der Waals surface area contributed by atoms with Gasteiger partial charge in [0.25, 0.3) is 0 Å². The lowest BCUT2D eigenvalue weighted by molar-refractivity contribution is 0.624. The van der Waals surface area contributed by atoms with Crippen molar-refractivity contribution in [2.45, 2.75) is 19.3 Å². The van der Waals surface area contributed by atoms with Gasteiger partial charge in [0.2, 0.25) is 0 Å². The first kappa shape index (κ1) is 14.5. The molecular formula is C16H15BrClF. The molecule has 0 bridgehead atoms. The predicted molar refractivity (Wildman–Crippen MR) is 82.8 cm³/mol. The highest BCUT2D eigenvalue weighted by Crippen LogP contribution is 2.27. The van der Waals surface area contributed by atoms with E-state index < -0.39 is 0 Å². The second-order valence-electron chi connectivity index (χ2n) is 4.66. The maximum atomic E-state index is 13.5. The van der Waals surface area contributed by atoms with Crippen molar-refractivity contribution >= 4 is 27.5 Å². The van der Waals surface area contributed by atoms with Crippen LogP contribution in [-0.2, 0) is 6.42 Å². The van der Waals surface area contributed by atoms with Crippen molar-refractivity contribution in [2.24, 2.45) is 0 Å². The fourth-order valence-electron chi connectivity index (χ4n) is 2.24. The van der Waals surface area contributed by atoms with Crippen molar-refractivity contribution in [3.8, 4) is 0 Å². The topological polar surface area (TPSA) is 0 Å². The summed E-state index contributed by atoms with van der Waals surface area (Å²) in [4.78, 5) is 0. The molecule has 0 nitrogen and oxygen atoms in total. The van der Waals surface area contributed by atoms with Crippen LogP contribution in [0.3, 0.4) is 0 Å². The monoisotopic (exact) mass is 340 g/mol. The van der Waals surface area contributed by atoms with E-state index in [1.54, 1.807) is 6.07 Å². The molecule has 0 aliphatic carbocycles. The quantitative estimate of drug-likeness (QED) is 0.643. The Morgan fingerprint density at radius 2 is 1.95 bits per heavy atom. The number of alkyl halides is 1. The molecule has 3 heteroatoms. The normalized spacial score (nSPS) is 12.4. The number of rotatable bonds is 4. The molecule has 0 fully saturated rings. The maximum Gasteiger partial charge on any atom is 0.142 e. The van der Waals surface area contributed by atoms with E-state index >= 15 is 0 Å². The van der Waals surface area contributed by atoms with Gasteiger partial charge in [0, 0.05) is 5.33 Å². The zero-order valence-electron chi connectivity index (χ0n) is 10.7. The van der Waals surface area contributed by atoms with Crippen molar-refractivity contribution in [1.82, 2.24) is 0 Å². The Bertz CT molecular complexity index is 568. The highest BCUT2D eigenvalue weighted by Gasteiger charge is 2.14. The average Bonchev–Trinajstić information content (AvgIpc) is 2.41. The second kappa shape index (κ2) is 6.53. The van der Waals surface area contributed by atoms with Crippen LogP contribution in [-0.4, -0.2) is 5.33 Å². The zero-order chi connectivity index (χ0) is 13.8. The van der Waals surface area contributed by atoms with Gasteiger partial charge in [0.15, 0.2) is 0 Å². The number of benzene rings is 2. The van der Waals surface area contributed by atoms with Crippen LogP contribution in [0, 0.1) is 12.7 Å². The smallest absolute Gasteiger partial charge is 0.142 e. The summed E-state index contributed by atoms with van der Waals surface area (Å²) >= 11 is 9.27. The molecule has 1 atom stereocenters. The molecule has 0 N–H and O–H groups in total. The molecule has 2 aromatic rings. The molecule has 0 amide bonds. The van der Waals surface area contributed by atoms with Gasteiger partial charge in [-0.05, 0) is 48.1 Å². The summed E-state index contributed by atoms with van der Waals surface area (Å²) in [6, 6.07) is 13.3. The molecule has 100 valence electrons. The Morgan fingerprint density at radius 1 is 1.21 bits per heavy atom. The van der Waals surface area contributed by atoms with E-state index in [2.05, 4.69) is 35.0 Å². The number of aryl methyl sites for hydroxylation is 1. The van der Waals surface area contributed by atoms with Crippen LogP contribution >= 0.6 is 27.5 Å². The number of hydrogen-bond acceptors (Lipinski definition) is 0. The van der Waals surface area contributed by atoms with E-state index in [9.17, 15) is 4.39 Å². The summed E-state index contributed by atoms with van der Waals surface area (Å²) in [5, 5.41) is 1.03. The van der Waals surface area contributed by atoms with Crippen molar-refractivity contribution in [1.29, 1.82) is 0 Å². The van der Waals surface area contributed by atoms with Crippen LogP contribution < -0.4 is 0 Å². The Hall–Kier alpha value is -0.860. The van der Waals surface area contributed by atoms with Crippen molar-refractivity contribution in [3.63, 3.8) is 0 Å². The fourth-order valence-corrected chi connectivity index (χ4v) is 2.94. The van der Waals surface area contributed by atoms with Crippen LogP contribution in [0.1, 0.15) is 22.6 Å². The SMILES string of the molecule is Cc1ccccc1C(CBr)Cc1ccc(Cl)c(F)c1. The van der Waals surface area contributed by atoms with Gasteiger partial charge in [-0.15, -0.1) is 0 Å². The third-order valence-electron chi connectivity index (χ3n) is 3.28. The lowest BCUT2D eigenvalue weighted by atomic mass is 9.91. The van der Waals surface area contributed by atoms with Gasteiger partial charge in [0.1, 0.15) is 5.82 Å². The van der Waals surface area contributed by atoms with Gasteiger partial charge in [-0.25, -0.2) is 4.39 Å². The highest BCUT2D eigenvalue weighted by molar-refractivity contribution is 9.09. The third-order valence-corrected chi connectivity index (χ3v) is 4.37. The molecule has 0 radical (unpaired) electrons. The van der Waals surface area contributed by atoms with Crippen LogP contribution in [0.4, 0.5) is 4.39 Å². The average molecular weight is 342 g/mol. The molecule has 0 aliphatic heterocycles. The molecule has 0 aliphatic rings. The third kappa shape index (κ3) is 3.58. The van der Waals surface area contributed by atoms with Gasteiger partial charge in [-0.1, -0.05) is 57.9 Å². The minimum Gasteiger partial charge on any atom is -0.205 e. The van der Waals surface area contributed by atoms with Gasteiger partial charge in [-0.3, -0.25) is 0 Å². The second-order valence-corrected chi connectivity index (χ2v) is 5.72. The van der Waals surface area contributed by atoms with E-state index in [1.807, 2.05) is 18.2 Å². The molecule has 2 aromatic carbocycles. The van der Waals surface area contributed by atoms with Gasteiger partial charge < -0.3 is 0 Å². The maximum absolute atomic E-state index is 13.5. The minimum atomic E-state index is -0.350.